The van der Waals surface area contributed by atoms with E-state index in [1.54, 1.807) is 12.1 Å². The maximum Gasteiger partial charge on any atom is 0.272 e. The van der Waals surface area contributed by atoms with E-state index in [9.17, 15) is 14.0 Å². The van der Waals surface area contributed by atoms with Crippen LogP contribution in [0.3, 0.4) is 0 Å². The van der Waals surface area contributed by atoms with Gasteiger partial charge in [-0.25, -0.2) is 9.49 Å². The summed E-state index contributed by atoms with van der Waals surface area (Å²) < 4.78 is 13.1. The second-order valence-corrected chi connectivity index (χ2v) is 5.76. The molecule has 3 aromatic rings. The molecule has 3 rings (SSSR count). The van der Waals surface area contributed by atoms with Crippen molar-refractivity contribution in [3.63, 3.8) is 0 Å². The Morgan fingerprint density at radius 3 is 2.57 bits per heavy atom. The highest BCUT2D eigenvalue weighted by Gasteiger charge is 2.19. The first-order valence-corrected chi connectivity index (χ1v) is 7.67. The summed E-state index contributed by atoms with van der Waals surface area (Å²) in [6.45, 7) is 0. The number of thiophene rings is 1. The quantitative estimate of drug-likeness (QED) is 0.772. The average molecular weight is 329 g/mol. The molecule has 0 fully saturated rings. The van der Waals surface area contributed by atoms with Gasteiger partial charge in [-0.05, 0) is 35.2 Å². The van der Waals surface area contributed by atoms with Crippen molar-refractivity contribution in [1.29, 1.82) is 0 Å². The van der Waals surface area contributed by atoms with Crippen LogP contribution in [0.5, 0.6) is 0 Å². The third-order valence-electron chi connectivity index (χ3n) is 3.22. The molecular formula is C16H12FN3O2S. The fourth-order valence-electron chi connectivity index (χ4n) is 2.11. The third kappa shape index (κ3) is 3.51. The minimum Gasteiger partial charge on any atom is -0.339 e. The van der Waals surface area contributed by atoms with Gasteiger partial charge in [0.15, 0.2) is 0 Å². The molecule has 1 amide bonds. The summed E-state index contributed by atoms with van der Waals surface area (Å²) in [5.41, 5.74) is 0.481. The summed E-state index contributed by atoms with van der Waals surface area (Å²) in [5.74, 6) is -0.767. The Morgan fingerprint density at radius 2 is 1.96 bits per heavy atom. The number of carbonyl (C=O) groups is 1. The monoisotopic (exact) mass is 329 g/mol. The van der Waals surface area contributed by atoms with E-state index in [0.717, 1.165) is 10.4 Å². The van der Waals surface area contributed by atoms with Crippen molar-refractivity contribution in [2.75, 3.05) is 0 Å². The number of aromatic nitrogens is 2. The molecule has 116 valence electrons. The molecular weight excluding hydrogens is 317 g/mol. The lowest BCUT2D eigenvalue weighted by molar-refractivity contribution is 0.0937. The van der Waals surface area contributed by atoms with Crippen molar-refractivity contribution in [2.24, 2.45) is 0 Å². The number of hydrogen-bond donors (Lipinski definition) is 2. The molecule has 1 aromatic carbocycles. The molecule has 0 radical (unpaired) electrons. The number of rotatable bonds is 4. The number of nitrogens with one attached hydrogen (secondary N) is 2. The molecule has 1 atom stereocenters. The topological polar surface area (TPSA) is 74.8 Å². The fourth-order valence-corrected chi connectivity index (χ4v) is 2.91. The number of benzene rings is 1. The van der Waals surface area contributed by atoms with Gasteiger partial charge in [0.2, 0.25) is 0 Å². The van der Waals surface area contributed by atoms with Crippen LogP contribution >= 0.6 is 11.3 Å². The van der Waals surface area contributed by atoms with Crippen molar-refractivity contribution >= 4 is 17.2 Å². The maximum atomic E-state index is 13.1. The normalized spacial score (nSPS) is 11.9. The second-order valence-electron chi connectivity index (χ2n) is 4.78. The highest BCUT2D eigenvalue weighted by Crippen LogP contribution is 2.26. The van der Waals surface area contributed by atoms with Crippen LogP contribution in [0, 0.1) is 5.82 Å². The Balaban J connectivity index is 1.90. The van der Waals surface area contributed by atoms with Crippen LogP contribution in [0.1, 0.15) is 27.0 Å². The molecule has 5 nitrogen and oxygen atoms in total. The zero-order valence-electron chi connectivity index (χ0n) is 11.8. The van der Waals surface area contributed by atoms with Gasteiger partial charge in [-0.3, -0.25) is 9.59 Å². The smallest absolute Gasteiger partial charge is 0.272 e. The van der Waals surface area contributed by atoms with Gasteiger partial charge in [-0.2, -0.15) is 5.10 Å². The Bertz CT molecular complexity index is 839. The summed E-state index contributed by atoms with van der Waals surface area (Å²) in [7, 11) is 0. The minimum absolute atomic E-state index is 0.105. The molecule has 0 aliphatic rings. The van der Waals surface area contributed by atoms with Gasteiger partial charge >= 0.3 is 0 Å². The van der Waals surface area contributed by atoms with E-state index in [4.69, 9.17) is 0 Å². The first-order valence-electron chi connectivity index (χ1n) is 6.79. The van der Waals surface area contributed by atoms with E-state index < -0.39 is 11.9 Å². The molecule has 23 heavy (non-hydrogen) atoms. The molecule has 2 aromatic heterocycles. The molecule has 0 aliphatic carbocycles. The number of hydrogen-bond acceptors (Lipinski definition) is 4. The van der Waals surface area contributed by atoms with E-state index in [1.165, 1.54) is 35.6 Å². The zero-order valence-corrected chi connectivity index (χ0v) is 12.6. The third-order valence-corrected chi connectivity index (χ3v) is 4.16. The first kappa shape index (κ1) is 15.1. The molecule has 0 bridgehead atoms. The van der Waals surface area contributed by atoms with E-state index >= 15 is 0 Å². The highest BCUT2D eigenvalue weighted by atomic mass is 32.1. The summed E-state index contributed by atoms with van der Waals surface area (Å²) in [5, 5.41) is 10.7. The summed E-state index contributed by atoms with van der Waals surface area (Å²) in [6.07, 6.45) is 0. The second kappa shape index (κ2) is 6.53. The molecule has 1 unspecified atom stereocenters. The van der Waals surface area contributed by atoms with Gasteiger partial charge in [-0.15, -0.1) is 11.3 Å². The standard InChI is InChI=1S/C16H12FN3O2S/c17-11-5-3-10(4-6-11)15(13-2-1-9-23-13)18-16(22)12-7-8-14(21)20-19-12/h1-9,15H,(H,18,22)(H,20,21). The predicted octanol–water partition coefficient (Wildman–Crippen LogP) is 2.49. The molecule has 2 N–H and O–H groups in total. The van der Waals surface area contributed by atoms with Crippen LogP contribution in [0.2, 0.25) is 0 Å². The van der Waals surface area contributed by atoms with Crippen molar-refractivity contribution in [2.45, 2.75) is 6.04 Å². The van der Waals surface area contributed by atoms with Gasteiger partial charge in [-0.1, -0.05) is 18.2 Å². The lowest BCUT2D eigenvalue weighted by Crippen LogP contribution is -2.30. The van der Waals surface area contributed by atoms with Crippen LogP contribution in [0.4, 0.5) is 4.39 Å². The van der Waals surface area contributed by atoms with E-state index in [0.29, 0.717) is 0 Å². The van der Waals surface area contributed by atoms with E-state index in [-0.39, 0.29) is 17.1 Å². The van der Waals surface area contributed by atoms with Crippen molar-refractivity contribution in [1.82, 2.24) is 15.5 Å². The van der Waals surface area contributed by atoms with E-state index in [1.807, 2.05) is 17.5 Å². The first-order chi connectivity index (χ1) is 11.1. The number of nitrogens with zero attached hydrogens (tertiary/aromatic N) is 1. The van der Waals surface area contributed by atoms with E-state index in [2.05, 4.69) is 15.5 Å². The zero-order chi connectivity index (χ0) is 16.2. The van der Waals surface area contributed by atoms with Gasteiger partial charge in [0.05, 0.1) is 6.04 Å². The van der Waals surface area contributed by atoms with Crippen LogP contribution < -0.4 is 10.9 Å². The summed E-state index contributed by atoms with van der Waals surface area (Å²) in [6, 6.07) is 11.9. The Hall–Kier alpha value is -2.80. The number of halogens is 1. The fraction of sp³-hybridized carbons (Fsp3) is 0.0625. The van der Waals surface area contributed by atoms with Crippen LogP contribution in [0.15, 0.2) is 58.7 Å². The molecule has 7 heteroatoms. The van der Waals surface area contributed by atoms with Crippen molar-refractivity contribution in [3.05, 3.63) is 86.2 Å². The maximum absolute atomic E-state index is 13.1. The molecule has 0 saturated carbocycles. The van der Waals surface area contributed by atoms with Crippen LogP contribution in [-0.4, -0.2) is 16.1 Å². The molecule has 0 spiro atoms. The highest BCUT2D eigenvalue weighted by molar-refractivity contribution is 7.10. The predicted molar refractivity (Wildman–Crippen MR) is 84.9 cm³/mol. The van der Waals surface area contributed by atoms with Gasteiger partial charge in [0.1, 0.15) is 11.5 Å². The average Bonchev–Trinajstić information content (AvgIpc) is 3.08. The van der Waals surface area contributed by atoms with Crippen molar-refractivity contribution in [3.8, 4) is 0 Å². The van der Waals surface area contributed by atoms with Gasteiger partial charge < -0.3 is 5.32 Å². The lowest BCUT2D eigenvalue weighted by atomic mass is 10.1. The van der Waals surface area contributed by atoms with Gasteiger partial charge in [0, 0.05) is 10.9 Å². The Kier molecular flexibility index (Phi) is 4.29. The Morgan fingerprint density at radius 1 is 1.17 bits per heavy atom. The number of carbonyl (C=O) groups excluding carboxylic acids is 1. The SMILES string of the molecule is O=C(NC(c1ccc(F)cc1)c1cccs1)c1ccc(=O)[nH]n1. The molecule has 0 aliphatic heterocycles. The van der Waals surface area contributed by atoms with Gasteiger partial charge in [0.25, 0.3) is 11.5 Å². The largest absolute Gasteiger partial charge is 0.339 e. The minimum atomic E-state index is -0.427. The lowest BCUT2D eigenvalue weighted by Gasteiger charge is -2.17. The summed E-state index contributed by atoms with van der Waals surface area (Å²) in [4.78, 5) is 24.3. The summed E-state index contributed by atoms with van der Waals surface area (Å²) >= 11 is 1.48. The number of aromatic amines is 1. The van der Waals surface area contributed by atoms with Crippen molar-refractivity contribution < 1.29 is 9.18 Å². The number of amides is 1. The van der Waals surface area contributed by atoms with Crippen LogP contribution in [-0.2, 0) is 0 Å². The number of H-pyrrole nitrogens is 1. The Labute approximate surface area is 134 Å². The molecule has 2 heterocycles. The molecule has 0 saturated heterocycles. The van der Waals surface area contributed by atoms with Crippen LogP contribution in [0.25, 0.3) is 0 Å².